The number of aliphatic carboxylic acids is 1. The van der Waals surface area contributed by atoms with Crippen molar-refractivity contribution >= 4 is 47.0 Å². The maximum atomic E-state index is 12.9. The molecule has 1 unspecified atom stereocenters. The number of hydrogen-bond donors (Lipinski definition) is 1. The number of hydrogen-bond acceptors (Lipinski definition) is 6. The van der Waals surface area contributed by atoms with Crippen LogP contribution < -0.4 is 9.47 Å². The molecule has 0 fully saturated rings. The van der Waals surface area contributed by atoms with Crippen LogP contribution in [0.4, 0.5) is 4.79 Å². The number of thioether (sulfide) groups is 1. The molecule has 1 amide bonds. The molecule has 0 radical (unpaired) electrons. The van der Waals surface area contributed by atoms with Gasteiger partial charge in [-0.15, -0.1) is 0 Å². The fourth-order valence-corrected chi connectivity index (χ4v) is 4.52. The lowest BCUT2D eigenvalue weighted by atomic mass is 10.1. The van der Waals surface area contributed by atoms with Gasteiger partial charge >= 0.3 is 12.1 Å². The van der Waals surface area contributed by atoms with Crippen molar-refractivity contribution in [1.29, 1.82) is 0 Å². The van der Waals surface area contributed by atoms with Gasteiger partial charge in [0.1, 0.15) is 12.4 Å². The largest absolute Gasteiger partial charge is 0.492 e. The predicted molar refractivity (Wildman–Crippen MR) is 145 cm³/mol. The number of benzene rings is 2. The number of carbonyl (C=O) groups excluding carboxylic acids is 1. The molecule has 0 aliphatic heterocycles. The number of carboxylic acid groups (broad SMARTS) is 1. The molecular formula is C26H33Cl2NO6S. The molecule has 1 atom stereocenters. The summed E-state index contributed by atoms with van der Waals surface area (Å²) in [4.78, 5) is 25.8. The molecule has 36 heavy (non-hydrogen) atoms. The first-order chi connectivity index (χ1) is 17.3. The van der Waals surface area contributed by atoms with E-state index in [1.54, 1.807) is 36.1 Å². The number of carboxylic acids is 1. The van der Waals surface area contributed by atoms with Crippen molar-refractivity contribution in [3.63, 3.8) is 0 Å². The topological polar surface area (TPSA) is 85.3 Å². The molecule has 7 nitrogen and oxygen atoms in total. The van der Waals surface area contributed by atoms with Gasteiger partial charge in [-0.05, 0) is 67.2 Å². The summed E-state index contributed by atoms with van der Waals surface area (Å²) in [6, 6.07) is 11.9. The first-order valence-electron chi connectivity index (χ1n) is 11.9. The molecule has 0 aromatic heterocycles. The van der Waals surface area contributed by atoms with Crippen molar-refractivity contribution < 1.29 is 28.9 Å². The lowest BCUT2D eigenvalue weighted by Crippen LogP contribution is -2.37. The zero-order valence-corrected chi connectivity index (χ0v) is 22.9. The van der Waals surface area contributed by atoms with Crippen LogP contribution in [0.2, 0.25) is 10.0 Å². The lowest BCUT2D eigenvalue weighted by molar-refractivity contribution is -0.149. The molecule has 2 rings (SSSR count). The first kappa shape index (κ1) is 30.1. The van der Waals surface area contributed by atoms with E-state index in [9.17, 15) is 14.7 Å². The van der Waals surface area contributed by atoms with Crippen LogP contribution in [0.25, 0.3) is 0 Å². The molecule has 2 aromatic carbocycles. The minimum Gasteiger partial charge on any atom is -0.492 e. The van der Waals surface area contributed by atoms with Crippen LogP contribution in [-0.4, -0.2) is 66.0 Å². The number of carbonyl (C=O) groups is 2. The van der Waals surface area contributed by atoms with E-state index < -0.39 is 18.2 Å². The molecule has 198 valence electrons. The van der Waals surface area contributed by atoms with E-state index in [-0.39, 0.29) is 23.8 Å². The van der Waals surface area contributed by atoms with Gasteiger partial charge < -0.3 is 24.2 Å². The summed E-state index contributed by atoms with van der Waals surface area (Å²) in [5, 5.41) is 9.97. The Morgan fingerprint density at radius 1 is 1.06 bits per heavy atom. The van der Waals surface area contributed by atoms with Gasteiger partial charge in [0.05, 0.1) is 11.6 Å². The van der Waals surface area contributed by atoms with Crippen molar-refractivity contribution in [2.24, 2.45) is 0 Å². The van der Waals surface area contributed by atoms with E-state index in [0.717, 1.165) is 29.9 Å². The lowest BCUT2D eigenvalue weighted by Gasteiger charge is -2.22. The van der Waals surface area contributed by atoms with Gasteiger partial charge in [0.15, 0.2) is 11.9 Å². The Bertz CT molecular complexity index is 960. The Hall–Kier alpha value is -2.13. The Morgan fingerprint density at radius 2 is 1.81 bits per heavy atom. The molecule has 10 heteroatoms. The van der Waals surface area contributed by atoms with Gasteiger partial charge in [0, 0.05) is 24.6 Å². The van der Waals surface area contributed by atoms with Crippen LogP contribution in [0.3, 0.4) is 0 Å². The number of ether oxygens (including phenoxy) is 3. The van der Waals surface area contributed by atoms with Crippen LogP contribution in [0.1, 0.15) is 32.3 Å². The van der Waals surface area contributed by atoms with Crippen molar-refractivity contribution in [2.75, 3.05) is 37.8 Å². The van der Waals surface area contributed by atoms with E-state index >= 15 is 0 Å². The number of nitrogens with zero attached hydrogens (tertiary/aromatic N) is 1. The maximum Gasteiger partial charge on any atom is 0.415 e. The average molecular weight is 559 g/mol. The summed E-state index contributed by atoms with van der Waals surface area (Å²) in [6.45, 7) is 5.35. The molecule has 0 aliphatic rings. The highest BCUT2D eigenvalue weighted by molar-refractivity contribution is 7.99. The SMILES string of the molecule is CCCSCCCN(CCOc1ccc(CC(OCC)C(=O)O)cc1)C(=O)Oc1ccc(Cl)cc1Cl. The quantitative estimate of drug-likeness (QED) is 0.238. The number of amides is 1. The smallest absolute Gasteiger partial charge is 0.415 e. The Morgan fingerprint density at radius 3 is 2.44 bits per heavy atom. The zero-order chi connectivity index (χ0) is 26.3. The Kier molecular flexibility index (Phi) is 13.9. The summed E-state index contributed by atoms with van der Waals surface area (Å²) in [5.41, 5.74) is 0.831. The summed E-state index contributed by atoms with van der Waals surface area (Å²) in [7, 11) is 0. The van der Waals surface area contributed by atoms with Crippen molar-refractivity contribution in [2.45, 2.75) is 39.2 Å². The van der Waals surface area contributed by atoms with Gasteiger partial charge in [-0.1, -0.05) is 42.3 Å². The predicted octanol–water partition coefficient (Wildman–Crippen LogP) is 6.44. The monoisotopic (exact) mass is 557 g/mol. The van der Waals surface area contributed by atoms with Crippen LogP contribution in [-0.2, 0) is 16.0 Å². The van der Waals surface area contributed by atoms with Crippen LogP contribution in [0, 0.1) is 0 Å². The van der Waals surface area contributed by atoms with Crippen molar-refractivity contribution in [3.8, 4) is 11.5 Å². The highest BCUT2D eigenvalue weighted by Gasteiger charge is 2.19. The standard InChI is InChI=1S/C26H33Cl2NO6S/c1-3-15-36-16-5-12-29(26(32)35-23-11-8-20(27)18-22(23)28)13-14-34-21-9-6-19(7-10-21)17-24(25(30)31)33-4-2/h6-11,18,24H,3-5,12-17H2,1-2H3,(H,30,31). The molecule has 0 spiro atoms. The molecular weight excluding hydrogens is 525 g/mol. The fourth-order valence-electron chi connectivity index (χ4n) is 3.24. The van der Waals surface area contributed by atoms with Gasteiger partial charge in [0.25, 0.3) is 0 Å². The highest BCUT2D eigenvalue weighted by atomic mass is 35.5. The molecule has 2 aromatic rings. The molecule has 0 heterocycles. The molecule has 0 saturated heterocycles. The fraction of sp³-hybridized carbons (Fsp3) is 0.462. The first-order valence-corrected chi connectivity index (χ1v) is 13.8. The van der Waals surface area contributed by atoms with Crippen LogP contribution in [0.5, 0.6) is 11.5 Å². The second-order valence-electron chi connectivity index (χ2n) is 7.87. The summed E-state index contributed by atoms with van der Waals surface area (Å²) in [5.74, 6) is 1.91. The maximum absolute atomic E-state index is 12.9. The summed E-state index contributed by atoms with van der Waals surface area (Å²) < 4.78 is 16.6. The normalized spacial score (nSPS) is 11.7. The third-order valence-corrected chi connectivity index (χ3v) is 6.84. The van der Waals surface area contributed by atoms with Crippen molar-refractivity contribution in [1.82, 2.24) is 4.90 Å². The molecule has 1 N–H and O–H groups in total. The Labute approximate surface area is 227 Å². The van der Waals surface area contributed by atoms with Crippen molar-refractivity contribution in [3.05, 3.63) is 58.1 Å². The molecule has 0 aliphatic carbocycles. The van der Waals surface area contributed by atoms with Gasteiger partial charge in [0.2, 0.25) is 0 Å². The van der Waals surface area contributed by atoms with Gasteiger partial charge in [-0.25, -0.2) is 9.59 Å². The minimum absolute atomic E-state index is 0.250. The summed E-state index contributed by atoms with van der Waals surface area (Å²) in [6.07, 6.45) is 0.820. The Balaban J connectivity index is 1.93. The molecule has 0 saturated carbocycles. The van der Waals surface area contributed by atoms with E-state index in [4.69, 9.17) is 37.4 Å². The third kappa shape index (κ3) is 10.9. The highest BCUT2D eigenvalue weighted by Crippen LogP contribution is 2.28. The zero-order valence-electron chi connectivity index (χ0n) is 20.6. The number of halogens is 2. The van der Waals surface area contributed by atoms with Crippen LogP contribution >= 0.6 is 35.0 Å². The second kappa shape index (κ2) is 16.6. The average Bonchev–Trinajstić information content (AvgIpc) is 2.85. The molecule has 0 bridgehead atoms. The van der Waals surface area contributed by atoms with E-state index in [1.807, 2.05) is 23.9 Å². The van der Waals surface area contributed by atoms with E-state index in [1.165, 1.54) is 6.07 Å². The van der Waals surface area contributed by atoms with Gasteiger partial charge in [-0.3, -0.25) is 0 Å². The third-order valence-electron chi connectivity index (χ3n) is 5.03. The minimum atomic E-state index is -0.989. The van der Waals surface area contributed by atoms with Crippen LogP contribution in [0.15, 0.2) is 42.5 Å². The summed E-state index contributed by atoms with van der Waals surface area (Å²) >= 11 is 13.9. The second-order valence-corrected chi connectivity index (χ2v) is 9.94. The number of rotatable bonds is 16. The van der Waals surface area contributed by atoms with E-state index in [2.05, 4.69) is 6.92 Å². The van der Waals surface area contributed by atoms with Gasteiger partial charge in [-0.2, -0.15) is 11.8 Å². The van der Waals surface area contributed by atoms with E-state index in [0.29, 0.717) is 30.5 Å².